The molecular formula is C18H20F2N2O3. The summed E-state index contributed by atoms with van der Waals surface area (Å²) >= 11 is 0. The quantitative estimate of drug-likeness (QED) is 0.835. The molecular weight excluding hydrogens is 330 g/mol. The molecule has 1 aliphatic carbocycles. The summed E-state index contributed by atoms with van der Waals surface area (Å²) in [6, 6.07) is 0.394. The Morgan fingerprint density at radius 1 is 1.16 bits per heavy atom. The fourth-order valence-electron chi connectivity index (χ4n) is 4.24. The fraction of sp³-hybridized carbons (Fsp3) is 0.556. The van der Waals surface area contributed by atoms with Crippen molar-refractivity contribution in [3.8, 4) is 0 Å². The maximum Gasteiger partial charge on any atom is 0.325 e. The molecule has 4 rings (SSSR count). The Bertz CT molecular complexity index is 719. The van der Waals surface area contributed by atoms with E-state index in [1.165, 1.54) is 6.07 Å². The van der Waals surface area contributed by atoms with Crippen molar-refractivity contribution in [2.45, 2.75) is 44.2 Å². The number of hydrogen-bond acceptors (Lipinski definition) is 3. The molecule has 2 saturated heterocycles. The van der Waals surface area contributed by atoms with Crippen molar-refractivity contribution in [3.05, 3.63) is 34.9 Å². The van der Waals surface area contributed by atoms with Crippen LogP contribution in [0, 0.1) is 17.6 Å². The molecule has 7 heteroatoms. The lowest BCUT2D eigenvalue weighted by Gasteiger charge is -2.32. The van der Waals surface area contributed by atoms with Gasteiger partial charge in [-0.2, -0.15) is 0 Å². The lowest BCUT2D eigenvalue weighted by Crippen LogP contribution is -2.42. The predicted octanol–water partition coefficient (Wildman–Crippen LogP) is 2.69. The molecule has 0 radical (unpaired) electrons. The Balaban J connectivity index is 1.64. The van der Waals surface area contributed by atoms with E-state index >= 15 is 0 Å². The van der Waals surface area contributed by atoms with Crippen LogP contribution in [-0.2, 0) is 16.0 Å². The molecule has 134 valence electrons. The number of imide groups is 1. The van der Waals surface area contributed by atoms with Gasteiger partial charge in [-0.3, -0.25) is 9.69 Å². The third-order valence-electron chi connectivity index (χ3n) is 5.44. The topological polar surface area (TPSA) is 58.6 Å². The van der Waals surface area contributed by atoms with Crippen molar-refractivity contribution >= 4 is 11.9 Å². The van der Waals surface area contributed by atoms with Gasteiger partial charge in [0.05, 0.1) is 12.6 Å². The number of benzene rings is 1. The zero-order chi connectivity index (χ0) is 17.6. The minimum atomic E-state index is -0.688. The molecule has 2 heterocycles. The fourth-order valence-corrected chi connectivity index (χ4v) is 4.24. The van der Waals surface area contributed by atoms with E-state index in [9.17, 15) is 18.4 Å². The van der Waals surface area contributed by atoms with Crippen molar-refractivity contribution in [1.29, 1.82) is 0 Å². The molecule has 0 aromatic heterocycles. The van der Waals surface area contributed by atoms with E-state index in [2.05, 4.69) is 5.32 Å². The van der Waals surface area contributed by atoms with Crippen molar-refractivity contribution in [3.63, 3.8) is 0 Å². The first-order valence-electron chi connectivity index (χ1n) is 8.75. The molecule has 3 atom stereocenters. The van der Waals surface area contributed by atoms with E-state index in [1.807, 2.05) is 0 Å². The van der Waals surface area contributed by atoms with Gasteiger partial charge in [-0.25, -0.2) is 13.6 Å². The molecule has 5 nitrogen and oxygen atoms in total. The first-order valence-corrected chi connectivity index (χ1v) is 8.75. The number of nitrogens with zero attached hydrogens (tertiary/aromatic N) is 1. The third kappa shape index (κ3) is 2.80. The molecule has 0 spiro atoms. The summed E-state index contributed by atoms with van der Waals surface area (Å²) < 4.78 is 33.2. The molecule has 3 aliphatic rings. The van der Waals surface area contributed by atoms with Gasteiger partial charge in [0, 0.05) is 18.6 Å². The standard InChI is InChI=1S/C18H20F2N2O3/c19-11-7-13-12(14(20)8-11)4-1-5-15(13)22-17(23)16(21-18(22)24)10-3-2-6-25-9-10/h7-8,10,15-16H,1-6,9H2,(H,21,24)/t10?,15-,16?/m0/s1. The number of amides is 3. The van der Waals surface area contributed by atoms with Crippen LogP contribution in [0.25, 0.3) is 0 Å². The second kappa shape index (κ2) is 6.37. The maximum atomic E-state index is 14.1. The third-order valence-corrected chi connectivity index (χ3v) is 5.44. The van der Waals surface area contributed by atoms with Gasteiger partial charge in [0.2, 0.25) is 0 Å². The highest BCUT2D eigenvalue weighted by Crippen LogP contribution is 2.38. The van der Waals surface area contributed by atoms with E-state index in [0.717, 1.165) is 23.8 Å². The molecule has 2 fully saturated rings. The maximum absolute atomic E-state index is 14.1. The van der Waals surface area contributed by atoms with Gasteiger partial charge in [-0.15, -0.1) is 0 Å². The Labute approximate surface area is 144 Å². The first-order chi connectivity index (χ1) is 12.1. The molecule has 1 aromatic carbocycles. The van der Waals surface area contributed by atoms with Crippen LogP contribution in [0.5, 0.6) is 0 Å². The van der Waals surface area contributed by atoms with Crippen molar-refractivity contribution in [2.24, 2.45) is 5.92 Å². The summed E-state index contributed by atoms with van der Waals surface area (Å²) in [6.45, 7) is 1.11. The van der Waals surface area contributed by atoms with Crippen molar-refractivity contribution in [1.82, 2.24) is 10.2 Å². The molecule has 1 N–H and O–H groups in total. The van der Waals surface area contributed by atoms with Gasteiger partial charge in [-0.1, -0.05) is 0 Å². The van der Waals surface area contributed by atoms with Crippen LogP contribution in [0.15, 0.2) is 12.1 Å². The number of halogens is 2. The number of ether oxygens (including phenoxy) is 1. The highest BCUT2D eigenvalue weighted by molar-refractivity contribution is 6.04. The summed E-state index contributed by atoms with van der Waals surface area (Å²) in [5, 5.41) is 2.75. The molecule has 3 amide bonds. The smallest absolute Gasteiger partial charge is 0.325 e. The summed E-state index contributed by atoms with van der Waals surface area (Å²) in [5.41, 5.74) is 0.815. The monoisotopic (exact) mass is 350 g/mol. The molecule has 0 saturated carbocycles. The average Bonchev–Trinajstić information content (AvgIpc) is 2.90. The van der Waals surface area contributed by atoms with Crippen LogP contribution in [-0.4, -0.2) is 36.1 Å². The zero-order valence-electron chi connectivity index (χ0n) is 13.8. The molecule has 25 heavy (non-hydrogen) atoms. The van der Waals surface area contributed by atoms with Crippen LogP contribution in [0.4, 0.5) is 13.6 Å². The van der Waals surface area contributed by atoms with Gasteiger partial charge in [0.15, 0.2) is 0 Å². The van der Waals surface area contributed by atoms with Gasteiger partial charge in [0.1, 0.15) is 17.7 Å². The minimum Gasteiger partial charge on any atom is -0.381 e. The summed E-state index contributed by atoms with van der Waals surface area (Å²) in [5.74, 6) is -1.66. The normalized spacial score (nSPS) is 29.5. The number of nitrogens with one attached hydrogen (secondary N) is 1. The van der Waals surface area contributed by atoms with E-state index in [1.54, 1.807) is 0 Å². The van der Waals surface area contributed by atoms with Gasteiger partial charge >= 0.3 is 6.03 Å². The lowest BCUT2D eigenvalue weighted by molar-refractivity contribution is -0.131. The second-order valence-corrected chi connectivity index (χ2v) is 6.98. The second-order valence-electron chi connectivity index (χ2n) is 6.98. The van der Waals surface area contributed by atoms with Crippen LogP contribution in [0.3, 0.4) is 0 Å². The highest BCUT2D eigenvalue weighted by Gasteiger charge is 2.47. The number of hydrogen-bond donors (Lipinski definition) is 1. The summed E-state index contributed by atoms with van der Waals surface area (Å²) in [6.07, 6.45) is 3.32. The number of fused-ring (bicyclic) bond motifs is 1. The largest absolute Gasteiger partial charge is 0.381 e. The van der Waals surface area contributed by atoms with Gasteiger partial charge in [0.25, 0.3) is 5.91 Å². The Morgan fingerprint density at radius 3 is 2.76 bits per heavy atom. The van der Waals surface area contributed by atoms with Crippen molar-refractivity contribution in [2.75, 3.05) is 13.2 Å². The van der Waals surface area contributed by atoms with Gasteiger partial charge < -0.3 is 10.1 Å². The molecule has 2 aliphatic heterocycles. The van der Waals surface area contributed by atoms with E-state index in [0.29, 0.717) is 43.6 Å². The Hall–Kier alpha value is -2.02. The Kier molecular flexibility index (Phi) is 4.19. The number of urea groups is 1. The van der Waals surface area contributed by atoms with E-state index in [-0.39, 0.29) is 11.8 Å². The van der Waals surface area contributed by atoms with E-state index in [4.69, 9.17) is 4.74 Å². The van der Waals surface area contributed by atoms with E-state index < -0.39 is 29.7 Å². The summed E-state index contributed by atoms with van der Waals surface area (Å²) in [4.78, 5) is 26.5. The van der Waals surface area contributed by atoms with Crippen LogP contribution in [0.1, 0.15) is 42.9 Å². The highest BCUT2D eigenvalue weighted by atomic mass is 19.1. The zero-order valence-corrected chi connectivity index (χ0v) is 13.8. The Morgan fingerprint density at radius 2 is 2.00 bits per heavy atom. The molecule has 1 aromatic rings. The van der Waals surface area contributed by atoms with Crippen molar-refractivity contribution < 1.29 is 23.1 Å². The first kappa shape index (κ1) is 16.4. The SMILES string of the molecule is O=C1NC(C2CCCOC2)C(=O)N1[C@H]1CCCc2c(F)cc(F)cc21. The summed E-state index contributed by atoms with van der Waals surface area (Å²) in [7, 11) is 0. The molecule has 0 bridgehead atoms. The van der Waals surface area contributed by atoms with Crippen LogP contribution >= 0.6 is 0 Å². The lowest BCUT2D eigenvalue weighted by atomic mass is 9.86. The molecule has 2 unspecified atom stereocenters. The van der Waals surface area contributed by atoms with Gasteiger partial charge in [-0.05, 0) is 49.3 Å². The number of rotatable bonds is 2. The average molecular weight is 350 g/mol. The van der Waals surface area contributed by atoms with Crippen LogP contribution in [0.2, 0.25) is 0 Å². The number of carbonyl (C=O) groups excluding carboxylic acids is 2. The predicted molar refractivity (Wildman–Crippen MR) is 84.7 cm³/mol. The van der Waals surface area contributed by atoms with Crippen LogP contribution < -0.4 is 5.32 Å². The minimum absolute atomic E-state index is 0.0532. The number of carbonyl (C=O) groups is 2.